The monoisotopic (exact) mass is 563 g/mol. The predicted molar refractivity (Wildman–Crippen MR) is 179 cm³/mol. The van der Waals surface area contributed by atoms with E-state index in [0.717, 1.165) is 56.3 Å². The van der Waals surface area contributed by atoms with Gasteiger partial charge in [-0.25, -0.2) is 4.98 Å². The van der Waals surface area contributed by atoms with Crippen molar-refractivity contribution in [2.45, 2.75) is 5.41 Å². The van der Waals surface area contributed by atoms with Gasteiger partial charge in [-0.1, -0.05) is 140 Å². The molecule has 2 heteroatoms. The smallest absolute Gasteiger partial charge is 0.132 e. The summed E-state index contributed by atoms with van der Waals surface area (Å²) in [4.78, 5) is 5.25. The highest BCUT2D eigenvalue weighted by molar-refractivity contribution is 5.79. The number of benzene rings is 6. The molecule has 0 radical (unpaired) electrons. The number of ether oxygens (including phenoxy) is 1. The third-order valence-electron chi connectivity index (χ3n) is 8.61. The molecule has 44 heavy (non-hydrogen) atoms. The number of rotatable bonds is 5. The Morgan fingerprint density at radius 1 is 0.364 bits per heavy atom. The fraction of sp³-hybridized carbons (Fsp3) is 0.0238. The van der Waals surface area contributed by atoms with Crippen LogP contribution in [-0.2, 0) is 5.41 Å². The molecule has 0 unspecified atom stereocenters. The van der Waals surface area contributed by atoms with E-state index in [1.54, 1.807) is 0 Å². The summed E-state index contributed by atoms with van der Waals surface area (Å²) < 4.78 is 6.63. The normalized spacial score (nSPS) is 12.9. The Morgan fingerprint density at radius 2 is 0.864 bits per heavy atom. The first-order valence-electron chi connectivity index (χ1n) is 15.0. The molecule has 2 heterocycles. The standard InChI is InChI=1S/C42H29NO/c1-5-15-30(16-6-1)33-28-38(31-17-7-2-8-18-31)43-39(29-33)32-25-26-41-37(27-32)42(34-19-9-3-10-20-34,35-21-11-4-12-22-35)36-23-13-14-24-40(36)44-41/h1-29H. The summed E-state index contributed by atoms with van der Waals surface area (Å²) in [5, 5.41) is 0. The van der Waals surface area contributed by atoms with Gasteiger partial charge in [-0.15, -0.1) is 0 Å². The first-order valence-corrected chi connectivity index (χ1v) is 15.0. The Hall–Kier alpha value is -5.73. The molecule has 0 amide bonds. The lowest BCUT2D eigenvalue weighted by Gasteiger charge is -2.41. The summed E-state index contributed by atoms with van der Waals surface area (Å²) in [5.74, 6) is 1.72. The van der Waals surface area contributed by atoms with Crippen LogP contribution in [0.3, 0.4) is 0 Å². The van der Waals surface area contributed by atoms with Gasteiger partial charge in [0.25, 0.3) is 0 Å². The first kappa shape index (κ1) is 25.9. The highest BCUT2D eigenvalue weighted by atomic mass is 16.5. The molecule has 0 fully saturated rings. The van der Waals surface area contributed by atoms with E-state index in [9.17, 15) is 0 Å². The van der Waals surface area contributed by atoms with Crippen LogP contribution in [0.25, 0.3) is 33.6 Å². The average Bonchev–Trinajstić information content (AvgIpc) is 3.12. The lowest BCUT2D eigenvalue weighted by molar-refractivity contribution is 0.434. The van der Waals surface area contributed by atoms with Crippen molar-refractivity contribution in [3.05, 3.63) is 198 Å². The molecule has 7 aromatic rings. The second kappa shape index (κ2) is 10.8. The lowest BCUT2D eigenvalue weighted by Crippen LogP contribution is -2.34. The molecule has 0 aliphatic carbocycles. The number of hydrogen-bond donors (Lipinski definition) is 0. The van der Waals surface area contributed by atoms with Crippen LogP contribution in [0.15, 0.2) is 176 Å². The van der Waals surface area contributed by atoms with Gasteiger partial charge in [0.15, 0.2) is 0 Å². The zero-order valence-electron chi connectivity index (χ0n) is 24.1. The Morgan fingerprint density at radius 3 is 1.50 bits per heavy atom. The van der Waals surface area contributed by atoms with Gasteiger partial charge in [-0.3, -0.25) is 0 Å². The predicted octanol–water partition coefficient (Wildman–Crippen LogP) is 10.6. The molecule has 0 N–H and O–H groups in total. The summed E-state index contributed by atoms with van der Waals surface area (Å²) in [7, 11) is 0. The molecule has 8 rings (SSSR count). The first-order chi connectivity index (χ1) is 21.8. The second-order valence-corrected chi connectivity index (χ2v) is 11.1. The maximum Gasteiger partial charge on any atom is 0.132 e. The Labute approximate surface area is 257 Å². The number of nitrogens with zero attached hydrogens (tertiary/aromatic N) is 1. The molecule has 0 bridgehead atoms. The largest absolute Gasteiger partial charge is 0.457 e. The minimum absolute atomic E-state index is 0.581. The third-order valence-corrected chi connectivity index (χ3v) is 8.61. The van der Waals surface area contributed by atoms with Crippen LogP contribution in [0.5, 0.6) is 11.5 Å². The summed E-state index contributed by atoms with van der Waals surface area (Å²) in [6.45, 7) is 0. The van der Waals surface area contributed by atoms with E-state index in [4.69, 9.17) is 9.72 Å². The molecule has 1 aromatic heterocycles. The van der Waals surface area contributed by atoms with Gasteiger partial charge in [0.05, 0.1) is 16.8 Å². The number of aromatic nitrogens is 1. The average molecular weight is 564 g/mol. The summed E-state index contributed by atoms with van der Waals surface area (Å²) in [6.07, 6.45) is 0. The van der Waals surface area contributed by atoms with Crippen LogP contribution >= 0.6 is 0 Å². The minimum atomic E-state index is -0.581. The van der Waals surface area contributed by atoms with Gasteiger partial charge < -0.3 is 4.74 Å². The summed E-state index contributed by atoms with van der Waals surface area (Å²) >= 11 is 0. The SMILES string of the molecule is c1ccc(-c2cc(-c3ccccc3)nc(-c3ccc4c(c3)C(c3ccccc3)(c3ccccc3)c3ccccc3O4)c2)cc1. The molecule has 1 aliphatic heterocycles. The molecule has 208 valence electrons. The maximum absolute atomic E-state index is 6.63. The zero-order valence-corrected chi connectivity index (χ0v) is 24.1. The van der Waals surface area contributed by atoms with Crippen molar-refractivity contribution in [1.82, 2.24) is 4.98 Å². The molecule has 6 aromatic carbocycles. The van der Waals surface area contributed by atoms with Crippen LogP contribution in [0.4, 0.5) is 0 Å². The number of fused-ring (bicyclic) bond motifs is 2. The van der Waals surface area contributed by atoms with E-state index in [1.807, 2.05) is 12.1 Å². The highest BCUT2D eigenvalue weighted by Crippen LogP contribution is 2.55. The molecule has 0 saturated carbocycles. The zero-order chi connectivity index (χ0) is 29.3. The molecule has 0 atom stereocenters. The number of pyridine rings is 1. The second-order valence-electron chi connectivity index (χ2n) is 11.1. The van der Waals surface area contributed by atoms with Gasteiger partial charge in [0.2, 0.25) is 0 Å². The van der Waals surface area contributed by atoms with E-state index in [-0.39, 0.29) is 0 Å². The van der Waals surface area contributed by atoms with Gasteiger partial charge >= 0.3 is 0 Å². The molecule has 0 saturated heterocycles. The molecular weight excluding hydrogens is 534 g/mol. The summed E-state index contributed by atoms with van der Waals surface area (Å²) in [5.41, 5.74) is 10.3. The third kappa shape index (κ3) is 4.31. The highest BCUT2D eigenvalue weighted by Gasteiger charge is 2.45. The van der Waals surface area contributed by atoms with Crippen LogP contribution in [0.1, 0.15) is 22.3 Å². The Bertz CT molecular complexity index is 1970. The van der Waals surface area contributed by atoms with Crippen LogP contribution in [0.2, 0.25) is 0 Å². The van der Waals surface area contributed by atoms with Crippen molar-refractivity contribution in [1.29, 1.82) is 0 Å². The van der Waals surface area contributed by atoms with Crippen molar-refractivity contribution in [3.63, 3.8) is 0 Å². The van der Waals surface area contributed by atoms with E-state index >= 15 is 0 Å². The fourth-order valence-corrected chi connectivity index (χ4v) is 6.60. The molecule has 1 aliphatic rings. The quantitative estimate of drug-likeness (QED) is 0.208. The van der Waals surface area contributed by atoms with Crippen molar-refractivity contribution in [3.8, 4) is 45.1 Å². The molecule has 0 spiro atoms. The lowest BCUT2D eigenvalue weighted by atomic mass is 9.63. The van der Waals surface area contributed by atoms with Gasteiger partial charge in [0, 0.05) is 22.3 Å². The Kier molecular flexibility index (Phi) is 6.39. The van der Waals surface area contributed by atoms with E-state index < -0.39 is 5.41 Å². The number of para-hydroxylation sites is 1. The van der Waals surface area contributed by atoms with E-state index in [1.165, 1.54) is 11.1 Å². The van der Waals surface area contributed by atoms with E-state index in [0.29, 0.717) is 0 Å². The molecular formula is C42H29NO. The molecule has 2 nitrogen and oxygen atoms in total. The van der Waals surface area contributed by atoms with Crippen molar-refractivity contribution >= 4 is 0 Å². The van der Waals surface area contributed by atoms with Crippen LogP contribution < -0.4 is 4.74 Å². The van der Waals surface area contributed by atoms with Gasteiger partial charge in [-0.2, -0.15) is 0 Å². The van der Waals surface area contributed by atoms with Crippen molar-refractivity contribution < 1.29 is 4.74 Å². The van der Waals surface area contributed by atoms with Crippen molar-refractivity contribution in [2.75, 3.05) is 0 Å². The van der Waals surface area contributed by atoms with Crippen molar-refractivity contribution in [2.24, 2.45) is 0 Å². The number of hydrogen-bond acceptors (Lipinski definition) is 2. The summed E-state index contributed by atoms with van der Waals surface area (Å²) in [6, 6.07) is 61.9. The van der Waals surface area contributed by atoms with Crippen LogP contribution in [-0.4, -0.2) is 4.98 Å². The fourth-order valence-electron chi connectivity index (χ4n) is 6.60. The van der Waals surface area contributed by atoms with E-state index in [2.05, 4.69) is 164 Å². The Balaban J connectivity index is 1.41. The van der Waals surface area contributed by atoms with Crippen LogP contribution in [0, 0.1) is 0 Å². The maximum atomic E-state index is 6.63. The van der Waals surface area contributed by atoms with Gasteiger partial charge in [0.1, 0.15) is 11.5 Å². The minimum Gasteiger partial charge on any atom is -0.457 e. The van der Waals surface area contributed by atoms with Gasteiger partial charge in [-0.05, 0) is 58.7 Å². The topological polar surface area (TPSA) is 22.1 Å².